The number of allylic oxidation sites excluding steroid dienone is 1. The summed E-state index contributed by atoms with van der Waals surface area (Å²) in [5.41, 5.74) is 4.95. The average Bonchev–Trinajstić information content (AvgIpc) is 2.94. The molecule has 0 spiro atoms. The number of rotatable bonds is 3. The number of benzene rings is 1. The SMILES string of the molecule is COC1=CC(N2CCOC2O)C=C=C1c1ccc(O)cc1. The van der Waals surface area contributed by atoms with Crippen LogP contribution in [0.15, 0.2) is 47.9 Å². The van der Waals surface area contributed by atoms with E-state index in [1.165, 1.54) is 0 Å². The Bertz CT molecular complexity index is 614. The van der Waals surface area contributed by atoms with Crippen molar-refractivity contribution in [3.63, 3.8) is 0 Å². The highest BCUT2D eigenvalue weighted by Crippen LogP contribution is 2.29. The number of aliphatic hydroxyl groups excluding tert-OH is 1. The molecule has 1 aliphatic carbocycles. The molecule has 5 nitrogen and oxygen atoms in total. The Hall–Kier alpha value is -2.04. The van der Waals surface area contributed by atoms with Crippen molar-refractivity contribution < 1.29 is 19.7 Å². The smallest absolute Gasteiger partial charge is 0.216 e. The van der Waals surface area contributed by atoms with Crippen LogP contribution in [0.5, 0.6) is 5.75 Å². The van der Waals surface area contributed by atoms with Gasteiger partial charge in [-0.2, -0.15) is 0 Å². The third-order valence-corrected chi connectivity index (χ3v) is 3.63. The first-order chi connectivity index (χ1) is 10.2. The summed E-state index contributed by atoms with van der Waals surface area (Å²) in [5, 5.41) is 19.1. The van der Waals surface area contributed by atoms with Crippen molar-refractivity contribution in [2.75, 3.05) is 20.3 Å². The number of hydrogen-bond acceptors (Lipinski definition) is 5. The Morgan fingerprint density at radius 2 is 2.10 bits per heavy atom. The highest BCUT2D eigenvalue weighted by molar-refractivity contribution is 5.78. The molecule has 0 saturated carbocycles. The van der Waals surface area contributed by atoms with Crippen LogP contribution in [-0.2, 0) is 9.47 Å². The van der Waals surface area contributed by atoms with Gasteiger partial charge in [-0.25, -0.2) is 4.90 Å². The first kappa shape index (κ1) is 13.9. The van der Waals surface area contributed by atoms with Crippen LogP contribution in [0, 0.1) is 0 Å². The summed E-state index contributed by atoms with van der Waals surface area (Å²) in [5.74, 6) is 0.907. The molecular weight excluding hydrogens is 270 g/mol. The Balaban J connectivity index is 1.93. The van der Waals surface area contributed by atoms with Crippen molar-refractivity contribution in [1.29, 1.82) is 0 Å². The lowest BCUT2D eigenvalue weighted by atomic mass is 9.99. The Labute approximate surface area is 123 Å². The molecule has 21 heavy (non-hydrogen) atoms. The molecule has 2 aliphatic rings. The molecule has 110 valence electrons. The summed E-state index contributed by atoms with van der Waals surface area (Å²) in [6.07, 6.45) is 2.91. The van der Waals surface area contributed by atoms with Crippen molar-refractivity contribution >= 4 is 5.57 Å². The third kappa shape index (κ3) is 2.73. The molecule has 5 heteroatoms. The summed E-state index contributed by atoms with van der Waals surface area (Å²) in [6.45, 7) is 1.17. The predicted molar refractivity (Wildman–Crippen MR) is 77.1 cm³/mol. The maximum atomic E-state index is 9.76. The zero-order valence-electron chi connectivity index (χ0n) is 11.7. The molecule has 0 amide bonds. The quantitative estimate of drug-likeness (QED) is 0.824. The number of ether oxygens (including phenoxy) is 2. The fourth-order valence-electron chi connectivity index (χ4n) is 2.51. The van der Waals surface area contributed by atoms with Gasteiger partial charge in [-0.05, 0) is 42.0 Å². The highest BCUT2D eigenvalue weighted by Gasteiger charge is 2.29. The van der Waals surface area contributed by atoms with Crippen LogP contribution >= 0.6 is 0 Å². The minimum atomic E-state index is -0.891. The number of aromatic hydroxyl groups is 1. The van der Waals surface area contributed by atoms with E-state index in [0.29, 0.717) is 18.9 Å². The number of methoxy groups -OCH3 is 1. The van der Waals surface area contributed by atoms with Crippen LogP contribution in [0.1, 0.15) is 5.56 Å². The number of aliphatic hydroxyl groups is 1. The molecule has 1 heterocycles. The Morgan fingerprint density at radius 3 is 2.71 bits per heavy atom. The van der Waals surface area contributed by atoms with Gasteiger partial charge >= 0.3 is 0 Å². The summed E-state index contributed by atoms with van der Waals surface area (Å²) < 4.78 is 10.6. The topological polar surface area (TPSA) is 62.2 Å². The van der Waals surface area contributed by atoms with E-state index in [1.807, 2.05) is 29.2 Å². The molecule has 0 aromatic heterocycles. The monoisotopic (exact) mass is 287 g/mol. The maximum absolute atomic E-state index is 9.76. The molecule has 1 aliphatic heterocycles. The van der Waals surface area contributed by atoms with E-state index in [9.17, 15) is 10.2 Å². The van der Waals surface area contributed by atoms with Gasteiger partial charge < -0.3 is 19.7 Å². The molecule has 2 N–H and O–H groups in total. The summed E-state index contributed by atoms with van der Waals surface area (Å²) in [6, 6.07) is 6.76. The first-order valence-electron chi connectivity index (χ1n) is 6.77. The van der Waals surface area contributed by atoms with Crippen LogP contribution in [0.3, 0.4) is 0 Å². The second-order valence-electron chi connectivity index (χ2n) is 4.89. The fraction of sp³-hybridized carbons (Fsp3) is 0.312. The first-order valence-corrected chi connectivity index (χ1v) is 6.77. The van der Waals surface area contributed by atoms with Crippen molar-refractivity contribution in [2.45, 2.75) is 12.5 Å². The van der Waals surface area contributed by atoms with E-state index in [0.717, 1.165) is 11.1 Å². The van der Waals surface area contributed by atoms with Gasteiger partial charge in [0.2, 0.25) is 6.41 Å². The van der Waals surface area contributed by atoms with Crippen LogP contribution in [0.25, 0.3) is 5.57 Å². The molecule has 3 rings (SSSR count). The number of phenolic OH excluding ortho intramolecular Hbond substituents is 1. The van der Waals surface area contributed by atoms with Gasteiger partial charge in [0, 0.05) is 6.54 Å². The summed E-state index contributed by atoms with van der Waals surface area (Å²) in [7, 11) is 1.60. The minimum Gasteiger partial charge on any atom is -0.508 e. The molecule has 2 unspecified atom stereocenters. The van der Waals surface area contributed by atoms with Gasteiger partial charge in [0.1, 0.15) is 11.5 Å². The lowest BCUT2D eigenvalue weighted by molar-refractivity contribution is -0.136. The largest absolute Gasteiger partial charge is 0.508 e. The van der Waals surface area contributed by atoms with E-state index >= 15 is 0 Å². The lowest BCUT2D eigenvalue weighted by Gasteiger charge is -2.26. The van der Waals surface area contributed by atoms with Gasteiger partial charge in [0.25, 0.3) is 0 Å². The fourth-order valence-corrected chi connectivity index (χ4v) is 2.51. The number of phenols is 1. The van der Waals surface area contributed by atoms with Crippen LogP contribution in [0.4, 0.5) is 0 Å². The minimum absolute atomic E-state index is 0.113. The van der Waals surface area contributed by atoms with E-state index < -0.39 is 6.41 Å². The van der Waals surface area contributed by atoms with E-state index in [1.54, 1.807) is 19.2 Å². The zero-order valence-corrected chi connectivity index (χ0v) is 11.7. The normalized spacial score (nSPS) is 25.6. The second-order valence-corrected chi connectivity index (χ2v) is 4.89. The Morgan fingerprint density at radius 1 is 1.33 bits per heavy atom. The second kappa shape index (κ2) is 5.76. The van der Waals surface area contributed by atoms with Crippen molar-refractivity contribution in [3.05, 3.63) is 53.5 Å². The van der Waals surface area contributed by atoms with Crippen LogP contribution in [-0.4, -0.2) is 47.8 Å². The molecule has 1 aromatic carbocycles. The third-order valence-electron chi connectivity index (χ3n) is 3.63. The number of nitrogens with zero attached hydrogens (tertiary/aromatic N) is 1. The highest BCUT2D eigenvalue weighted by atomic mass is 16.6. The molecule has 0 bridgehead atoms. The molecule has 0 radical (unpaired) electrons. The molecule has 2 atom stereocenters. The van der Waals surface area contributed by atoms with Crippen molar-refractivity contribution in [2.24, 2.45) is 0 Å². The van der Waals surface area contributed by atoms with Crippen LogP contribution in [0.2, 0.25) is 0 Å². The van der Waals surface area contributed by atoms with Crippen molar-refractivity contribution in [1.82, 2.24) is 4.90 Å². The molecular formula is C16H17NO4. The summed E-state index contributed by atoms with van der Waals surface area (Å²) >= 11 is 0. The Kier molecular flexibility index (Phi) is 3.82. The van der Waals surface area contributed by atoms with E-state index in [-0.39, 0.29) is 11.8 Å². The van der Waals surface area contributed by atoms with Crippen molar-refractivity contribution in [3.8, 4) is 5.75 Å². The maximum Gasteiger partial charge on any atom is 0.216 e. The van der Waals surface area contributed by atoms with Gasteiger partial charge in [0.15, 0.2) is 0 Å². The van der Waals surface area contributed by atoms with E-state index in [4.69, 9.17) is 9.47 Å². The number of hydrogen-bond donors (Lipinski definition) is 2. The average molecular weight is 287 g/mol. The van der Waals surface area contributed by atoms with Gasteiger partial charge in [-0.1, -0.05) is 0 Å². The molecule has 1 fully saturated rings. The van der Waals surface area contributed by atoms with Gasteiger partial charge in [-0.3, -0.25) is 0 Å². The molecule has 1 saturated heterocycles. The standard InChI is InChI=1S/C16H17NO4/c1-20-15-10-12(17-8-9-21-16(17)19)4-7-14(15)11-2-5-13(18)6-3-11/h2-6,10,12,16,18-19H,8-9H2,1H3. The predicted octanol–water partition coefficient (Wildman–Crippen LogP) is 1.45. The van der Waals surface area contributed by atoms with E-state index in [2.05, 4.69) is 5.73 Å². The van der Waals surface area contributed by atoms with Crippen LogP contribution < -0.4 is 0 Å². The van der Waals surface area contributed by atoms with Gasteiger partial charge in [0.05, 0.1) is 25.3 Å². The molecule has 1 aromatic rings. The summed E-state index contributed by atoms with van der Waals surface area (Å²) in [4.78, 5) is 1.82. The zero-order chi connectivity index (χ0) is 14.8. The van der Waals surface area contributed by atoms with Gasteiger partial charge in [-0.15, -0.1) is 5.73 Å². The lowest BCUT2D eigenvalue weighted by Crippen LogP contribution is -2.38.